The van der Waals surface area contributed by atoms with Gasteiger partial charge in [-0.15, -0.1) is 6.58 Å². The smallest absolute Gasteiger partial charge is 0.319 e. The fourth-order valence-electron chi connectivity index (χ4n) is 0.390. The van der Waals surface area contributed by atoms with E-state index in [1.165, 1.54) is 6.08 Å². The van der Waals surface area contributed by atoms with E-state index in [1.807, 2.05) is 0 Å². The lowest BCUT2D eigenvalue weighted by atomic mass is 10.5. The number of carbonyl (C=O) groups is 1. The molecule has 0 bridgehead atoms. The first-order valence-electron chi connectivity index (χ1n) is 3.29. The van der Waals surface area contributed by atoms with Crippen molar-refractivity contribution in [2.24, 2.45) is 0 Å². The Kier molecular flexibility index (Phi) is 6.66. The highest BCUT2D eigenvalue weighted by atomic mass is 31.1. The Hall–Kier alpha value is -0.640. The van der Waals surface area contributed by atoms with Gasteiger partial charge in [-0.05, 0) is 0 Å². The van der Waals surface area contributed by atoms with Crippen molar-refractivity contribution in [1.29, 1.82) is 0 Å². The minimum Gasteiger partial charge on any atom is -0.481 e. The maximum atomic E-state index is 10.7. The molecule has 0 aliphatic rings. The Balaban J connectivity index is 3.31. The molecule has 5 nitrogen and oxygen atoms in total. The van der Waals surface area contributed by atoms with Gasteiger partial charge in [0.2, 0.25) is 0 Å². The van der Waals surface area contributed by atoms with Gasteiger partial charge >= 0.3 is 14.2 Å². The number of carboxylic acids is 1. The molecule has 0 radical (unpaired) electrons. The number of carboxylic acid groups (broad SMARTS) is 1. The second-order valence-electron chi connectivity index (χ2n) is 1.84. The summed E-state index contributed by atoms with van der Waals surface area (Å²) in [5.41, 5.74) is 0. The highest BCUT2D eigenvalue weighted by Gasteiger charge is 2.00. The molecule has 0 aromatic rings. The van der Waals surface area contributed by atoms with Crippen LogP contribution < -0.4 is 0 Å². The molecule has 0 amide bonds. The van der Waals surface area contributed by atoms with Crippen LogP contribution in [-0.4, -0.2) is 24.3 Å². The number of hydrogen-bond donors (Lipinski definition) is 1. The molecule has 12 heavy (non-hydrogen) atoms. The van der Waals surface area contributed by atoms with Crippen molar-refractivity contribution in [3.8, 4) is 0 Å². The standard InChI is InChI=1S/C6H11O5P/c1-2-4-10-12(9)11-5-3-6(7)8/h2,12H,1,3-5H2,(H,7,8). The summed E-state index contributed by atoms with van der Waals surface area (Å²) in [5.74, 6) is -0.992. The second kappa shape index (κ2) is 7.03. The summed E-state index contributed by atoms with van der Waals surface area (Å²) in [6, 6.07) is 0. The Morgan fingerprint density at radius 2 is 2.25 bits per heavy atom. The van der Waals surface area contributed by atoms with Crippen LogP contribution in [0.1, 0.15) is 6.42 Å². The first-order valence-corrected chi connectivity index (χ1v) is 4.51. The molecule has 70 valence electrons. The predicted molar refractivity (Wildman–Crippen MR) is 43.4 cm³/mol. The van der Waals surface area contributed by atoms with Gasteiger partial charge in [-0.1, -0.05) is 6.08 Å². The summed E-state index contributed by atoms with van der Waals surface area (Å²) in [4.78, 5) is 9.97. The summed E-state index contributed by atoms with van der Waals surface area (Å²) < 4.78 is 19.8. The van der Waals surface area contributed by atoms with Crippen LogP contribution in [-0.2, 0) is 18.4 Å². The molecule has 1 atom stereocenters. The zero-order valence-electron chi connectivity index (χ0n) is 6.49. The van der Waals surface area contributed by atoms with Crippen molar-refractivity contribution < 1.29 is 23.5 Å². The molecule has 0 saturated carbocycles. The summed E-state index contributed by atoms with van der Waals surface area (Å²) >= 11 is 0. The summed E-state index contributed by atoms with van der Waals surface area (Å²) in [6.07, 6.45) is 1.26. The third kappa shape index (κ3) is 7.47. The molecular formula is C6H11O5P. The van der Waals surface area contributed by atoms with Gasteiger partial charge < -0.3 is 14.2 Å². The second-order valence-corrected chi connectivity index (χ2v) is 2.92. The molecule has 0 rings (SSSR count). The maximum absolute atomic E-state index is 10.7. The molecule has 0 aromatic carbocycles. The van der Waals surface area contributed by atoms with Crippen molar-refractivity contribution in [3.63, 3.8) is 0 Å². The van der Waals surface area contributed by atoms with Crippen molar-refractivity contribution in [2.45, 2.75) is 6.42 Å². The molecule has 0 heterocycles. The minimum atomic E-state index is -2.53. The third-order valence-corrected chi connectivity index (χ3v) is 1.70. The molecule has 0 spiro atoms. The normalized spacial score (nSPS) is 12.3. The predicted octanol–water partition coefficient (Wildman–Crippen LogP) is 1.07. The highest BCUT2D eigenvalue weighted by Crippen LogP contribution is 2.23. The van der Waals surface area contributed by atoms with Crippen LogP contribution in [0, 0.1) is 0 Å². The Morgan fingerprint density at radius 1 is 1.58 bits per heavy atom. The van der Waals surface area contributed by atoms with Crippen LogP contribution in [0.2, 0.25) is 0 Å². The molecule has 0 aromatic heterocycles. The van der Waals surface area contributed by atoms with Gasteiger partial charge in [0, 0.05) is 0 Å². The third-order valence-electron chi connectivity index (χ3n) is 0.855. The quantitative estimate of drug-likeness (QED) is 0.484. The van der Waals surface area contributed by atoms with Crippen molar-refractivity contribution >= 4 is 14.2 Å². The van der Waals surface area contributed by atoms with Crippen molar-refractivity contribution in [1.82, 2.24) is 0 Å². The number of rotatable bonds is 7. The van der Waals surface area contributed by atoms with Crippen LogP contribution in [0.4, 0.5) is 0 Å². The highest BCUT2D eigenvalue weighted by molar-refractivity contribution is 7.33. The van der Waals surface area contributed by atoms with Crippen LogP contribution in [0.25, 0.3) is 0 Å². The summed E-state index contributed by atoms with van der Waals surface area (Å²) in [7, 11) is -2.53. The van der Waals surface area contributed by atoms with Gasteiger partial charge in [-0.3, -0.25) is 9.36 Å². The number of hydrogen-bond acceptors (Lipinski definition) is 4. The lowest BCUT2D eigenvalue weighted by Gasteiger charge is -2.00. The largest absolute Gasteiger partial charge is 0.481 e. The van der Waals surface area contributed by atoms with Crippen LogP contribution in [0.5, 0.6) is 0 Å². The molecule has 1 N–H and O–H groups in total. The molecule has 0 fully saturated rings. The van der Waals surface area contributed by atoms with Gasteiger partial charge in [0.1, 0.15) is 0 Å². The van der Waals surface area contributed by atoms with E-state index in [0.717, 1.165) is 0 Å². The van der Waals surface area contributed by atoms with Gasteiger partial charge in [0.25, 0.3) is 0 Å². The monoisotopic (exact) mass is 194 g/mol. The van der Waals surface area contributed by atoms with Gasteiger partial charge in [-0.2, -0.15) is 0 Å². The zero-order valence-corrected chi connectivity index (χ0v) is 7.49. The molecule has 0 aliphatic heterocycles. The Morgan fingerprint density at radius 3 is 2.75 bits per heavy atom. The van der Waals surface area contributed by atoms with E-state index >= 15 is 0 Å². The Labute approximate surface area is 70.9 Å². The van der Waals surface area contributed by atoms with Gasteiger partial charge in [0.05, 0.1) is 19.6 Å². The topological polar surface area (TPSA) is 72.8 Å². The van der Waals surface area contributed by atoms with E-state index in [4.69, 9.17) is 5.11 Å². The van der Waals surface area contributed by atoms with Gasteiger partial charge in [0.15, 0.2) is 0 Å². The Bertz CT molecular complexity index is 179. The first-order chi connectivity index (χ1) is 5.66. The zero-order chi connectivity index (χ0) is 9.40. The van der Waals surface area contributed by atoms with Crippen LogP contribution in [0.15, 0.2) is 12.7 Å². The molecule has 6 heteroatoms. The molecule has 0 aliphatic carbocycles. The van der Waals surface area contributed by atoms with E-state index in [9.17, 15) is 9.36 Å². The van der Waals surface area contributed by atoms with Crippen molar-refractivity contribution in [3.05, 3.63) is 12.7 Å². The fourth-order valence-corrected chi connectivity index (χ4v) is 0.996. The minimum absolute atomic E-state index is 0.0930. The van der Waals surface area contributed by atoms with E-state index in [2.05, 4.69) is 15.6 Å². The van der Waals surface area contributed by atoms with Crippen LogP contribution >= 0.6 is 8.25 Å². The SMILES string of the molecule is C=CCO[PH](=O)OCCC(=O)O. The van der Waals surface area contributed by atoms with E-state index < -0.39 is 14.2 Å². The van der Waals surface area contributed by atoms with E-state index in [0.29, 0.717) is 0 Å². The van der Waals surface area contributed by atoms with Crippen LogP contribution in [0.3, 0.4) is 0 Å². The van der Waals surface area contributed by atoms with E-state index in [1.54, 1.807) is 0 Å². The maximum Gasteiger partial charge on any atom is 0.319 e. The average Bonchev–Trinajstić information content (AvgIpc) is 2.00. The lowest BCUT2D eigenvalue weighted by molar-refractivity contribution is -0.137. The fraction of sp³-hybridized carbons (Fsp3) is 0.500. The first kappa shape index (κ1) is 11.4. The lowest BCUT2D eigenvalue weighted by Crippen LogP contribution is -1.99. The summed E-state index contributed by atoms with van der Waals surface area (Å²) in [6.45, 7) is 3.39. The van der Waals surface area contributed by atoms with Gasteiger partial charge in [-0.25, -0.2) is 0 Å². The molecule has 0 saturated heterocycles. The summed E-state index contributed by atoms with van der Waals surface area (Å²) in [5, 5.41) is 8.17. The molecule has 1 unspecified atom stereocenters. The molecular weight excluding hydrogens is 183 g/mol. The van der Waals surface area contributed by atoms with E-state index in [-0.39, 0.29) is 19.6 Å². The van der Waals surface area contributed by atoms with Crippen molar-refractivity contribution in [2.75, 3.05) is 13.2 Å². The number of aliphatic carboxylic acids is 1. The average molecular weight is 194 g/mol.